The van der Waals surface area contributed by atoms with Crippen LogP contribution in [0.5, 0.6) is 0 Å². The molecule has 2 aromatic carbocycles. The number of aliphatic imine (C=N–C) groups is 1. The van der Waals surface area contributed by atoms with Gasteiger partial charge in [-0.1, -0.05) is 24.3 Å². The monoisotopic (exact) mass is 556 g/mol. The van der Waals surface area contributed by atoms with Crippen molar-refractivity contribution in [1.82, 2.24) is 14.9 Å². The smallest absolute Gasteiger partial charge is 0.352 e. The van der Waals surface area contributed by atoms with Gasteiger partial charge in [-0.25, -0.2) is 12.7 Å². The van der Waals surface area contributed by atoms with E-state index in [1.807, 2.05) is 0 Å². The minimum absolute atomic E-state index is 0. The third-order valence-electron chi connectivity index (χ3n) is 4.10. The Morgan fingerprint density at radius 2 is 1.57 bits per heavy atom. The first-order valence-corrected chi connectivity index (χ1v) is 10.1. The Morgan fingerprint density at radius 3 is 2.07 bits per heavy atom. The third kappa shape index (κ3) is 7.13. The predicted octanol–water partition coefficient (Wildman–Crippen LogP) is 3.44. The minimum Gasteiger partial charge on any atom is -0.352 e. The molecule has 0 amide bonds. The van der Waals surface area contributed by atoms with Gasteiger partial charge in [-0.15, -0.1) is 24.0 Å². The summed E-state index contributed by atoms with van der Waals surface area (Å²) in [6.45, 7) is 0.536. The molecule has 0 unspecified atom stereocenters. The molecule has 0 saturated carbocycles. The van der Waals surface area contributed by atoms with E-state index in [0.717, 1.165) is 22.0 Å². The van der Waals surface area contributed by atoms with Crippen molar-refractivity contribution in [3.8, 4) is 0 Å². The standard InChI is InChI=1S/C19H23F3N4O2S.HI/c1-23-18(25-13-15-5-4-6-16(11-15)19(20,21)22)24-12-14-7-9-17(10-8-14)29(27,28)26(2)3;/h4-11H,12-13H2,1-3H3,(H2,23,24,25);1H. The van der Waals surface area contributed by atoms with Crippen molar-refractivity contribution in [2.45, 2.75) is 24.2 Å². The van der Waals surface area contributed by atoms with Gasteiger partial charge in [0.15, 0.2) is 5.96 Å². The molecule has 11 heteroatoms. The molecule has 2 aromatic rings. The van der Waals surface area contributed by atoms with Crippen molar-refractivity contribution in [3.63, 3.8) is 0 Å². The molecule has 0 bridgehead atoms. The molecule has 2 N–H and O–H groups in total. The van der Waals surface area contributed by atoms with Gasteiger partial charge < -0.3 is 10.6 Å². The first-order valence-electron chi connectivity index (χ1n) is 8.66. The normalized spacial score (nSPS) is 12.4. The lowest BCUT2D eigenvalue weighted by molar-refractivity contribution is -0.137. The second-order valence-electron chi connectivity index (χ2n) is 6.41. The molecule has 0 aliphatic heterocycles. The SMILES string of the molecule is CN=C(NCc1ccc(S(=O)(=O)N(C)C)cc1)NCc1cccc(C(F)(F)F)c1.I. The van der Waals surface area contributed by atoms with Crippen molar-refractivity contribution in [1.29, 1.82) is 0 Å². The Kier molecular flexibility index (Phi) is 9.56. The molecule has 166 valence electrons. The van der Waals surface area contributed by atoms with Crippen LogP contribution in [0.4, 0.5) is 13.2 Å². The summed E-state index contributed by atoms with van der Waals surface area (Å²) in [4.78, 5) is 4.23. The van der Waals surface area contributed by atoms with Gasteiger partial charge in [0.05, 0.1) is 10.5 Å². The van der Waals surface area contributed by atoms with Crippen molar-refractivity contribution >= 4 is 40.0 Å². The number of hydrogen-bond donors (Lipinski definition) is 2. The molecule has 6 nitrogen and oxygen atoms in total. The largest absolute Gasteiger partial charge is 0.416 e. The summed E-state index contributed by atoms with van der Waals surface area (Å²) in [6.07, 6.45) is -4.39. The number of hydrogen-bond acceptors (Lipinski definition) is 3. The van der Waals surface area contributed by atoms with Crippen LogP contribution >= 0.6 is 24.0 Å². The van der Waals surface area contributed by atoms with Crippen molar-refractivity contribution in [2.75, 3.05) is 21.1 Å². The van der Waals surface area contributed by atoms with E-state index < -0.39 is 21.8 Å². The number of guanidine groups is 1. The maximum atomic E-state index is 12.8. The number of sulfonamides is 1. The fourth-order valence-corrected chi connectivity index (χ4v) is 3.34. The molecular formula is C19H24F3IN4O2S. The van der Waals surface area contributed by atoms with E-state index in [1.165, 1.54) is 32.3 Å². The fraction of sp³-hybridized carbons (Fsp3) is 0.316. The highest BCUT2D eigenvalue weighted by Gasteiger charge is 2.30. The number of alkyl halides is 3. The Labute approximate surface area is 191 Å². The molecular weight excluding hydrogens is 532 g/mol. The summed E-state index contributed by atoms with van der Waals surface area (Å²) in [5, 5.41) is 5.99. The van der Waals surface area contributed by atoms with Gasteiger partial charge in [-0.3, -0.25) is 4.99 Å². The number of benzene rings is 2. The zero-order chi connectivity index (χ0) is 21.7. The summed E-state index contributed by atoms with van der Waals surface area (Å²) in [7, 11) is 0.990. The van der Waals surface area contributed by atoms with Gasteiger partial charge in [0.1, 0.15) is 0 Å². The van der Waals surface area contributed by atoms with Crippen LogP contribution in [0.25, 0.3) is 0 Å². The highest BCUT2D eigenvalue weighted by atomic mass is 127. The molecule has 2 rings (SSSR count). The highest BCUT2D eigenvalue weighted by molar-refractivity contribution is 14.0. The molecule has 0 aliphatic carbocycles. The molecule has 30 heavy (non-hydrogen) atoms. The Bertz CT molecular complexity index is 962. The average molecular weight is 556 g/mol. The van der Waals surface area contributed by atoms with Crippen LogP contribution in [0.2, 0.25) is 0 Å². The zero-order valence-electron chi connectivity index (χ0n) is 16.7. The van der Waals surface area contributed by atoms with E-state index in [0.29, 0.717) is 18.1 Å². The van der Waals surface area contributed by atoms with E-state index >= 15 is 0 Å². The van der Waals surface area contributed by atoms with Gasteiger partial charge in [0.2, 0.25) is 10.0 Å². The predicted molar refractivity (Wildman–Crippen MR) is 121 cm³/mol. The van der Waals surface area contributed by atoms with Crippen molar-refractivity contribution < 1.29 is 21.6 Å². The number of nitrogens with zero attached hydrogens (tertiary/aromatic N) is 2. The van der Waals surface area contributed by atoms with Crippen LogP contribution in [0.1, 0.15) is 16.7 Å². The van der Waals surface area contributed by atoms with Gasteiger partial charge >= 0.3 is 6.18 Å². The number of halogens is 4. The maximum absolute atomic E-state index is 12.8. The quantitative estimate of drug-likeness (QED) is 0.325. The first-order chi connectivity index (χ1) is 13.5. The van der Waals surface area contributed by atoms with Crippen LogP contribution in [0.15, 0.2) is 58.4 Å². The van der Waals surface area contributed by atoms with Crippen LogP contribution in [0, 0.1) is 0 Å². The van der Waals surface area contributed by atoms with Crippen LogP contribution in [0.3, 0.4) is 0 Å². The van der Waals surface area contributed by atoms with Crippen LogP contribution < -0.4 is 10.6 Å². The van der Waals surface area contributed by atoms with Crippen molar-refractivity contribution in [3.05, 3.63) is 65.2 Å². The zero-order valence-corrected chi connectivity index (χ0v) is 19.8. The molecule has 0 saturated heterocycles. The molecule has 0 radical (unpaired) electrons. The molecule has 0 aromatic heterocycles. The van der Waals surface area contributed by atoms with Crippen LogP contribution in [-0.4, -0.2) is 39.8 Å². The molecule has 0 heterocycles. The molecule has 0 atom stereocenters. The van der Waals surface area contributed by atoms with E-state index in [-0.39, 0.29) is 35.4 Å². The van der Waals surface area contributed by atoms with Gasteiger partial charge in [0.25, 0.3) is 0 Å². The number of rotatable bonds is 6. The second-order valence-corrected chi connectivity index (χ2v) is 8.56. The first kappa shape index (κ1) is 26.2. The highest BCUT2D eigenvalue weighted by Crippen LogP contribution is 2.29. The van der Waals surface area contributed by atoms with E-state index in [1.54, 1.807) is 25.2 Å². The van der Waals surface area contributed by atoms with Crippen LogP contribution in [-0.2, 0) is 29.3 Å². The van der Waals surface area contributed by atoms with Crippen molar-refractivity contribution in [2.24, 2.45) is 4.99 Å². The van der Waals surface area contributed by atoms with E-state index in [9.17, 15) is 21.6 Å². The summed E-state index contributed by atoms with van der Waals surface area (Å²) in [5.74, 6) is 0.410. The Morgan fingerprint density at radius 1 is 1.00 bits per heavy atom. The molecule has 0 aliphatic rings. The maximum Gasteiger partial charge on any atom is 0.416 e. The summed E-state index contributed by atoms with van der Waals surface area (Å²) in [6, 6.07) is 11.5. The molecule has 0 fully saturated rings. The van der Waals surface area contributed by atoms with Gasteiger partial charge in [-0.2, -0.15) is 13.2 Å². The lowest BCUT2D eigenvalue weighted by Crippen LogP contribution is -2.36. The van der Waals surface area contributed by atoms with E-state index in [2.05, 4.69) is 15.6 Å². The lowest BCUT2D eigenvalue weighted by atomic mass is 10.1. The van der Waals surface area contributed by atoms with Gasteiger partial charge in [0, 0.05) is 34.2 Å². The Hall–Kier alpha value is -1.86. The Balaban J connectivity index is 0.00000450. The summed E-state index contributed by atoms with van der Waals surface area (Å²) < 4.78 is 63.7. The van der Waals surface area contributed by atoms with E-state index in [4.69, 9.17) is 0 Å². The van der Waals surface area contributed by atoms with Gasteiger partial charge in [-0.05, 0) is 35.4 Å². The second kappa shape index (κ2) is 11.0. The summed E-state index contributed by atoms with van der Waals surface area (Å²) in [5.41, 5.74) is 0.596. The third-order valence-corrected chi connectivity index (χ3v) is 5.93. The lowest BCUT2D eigenvalue weighted by Gasteiger charge is -2.14. The fourth-order valence-electron chi connectivity index (χ4n) is 2.44. The summed E-state index contributed by atoms with van der Waals surface area (Å²) >= 11 is 0. The average Bonchev–Trinajstić information content (AvgIpc) is 2.68. The topological polar surface area (TPSA) is 73.8 Å². The molecule has 0 spiro atoms. The minimum atomic E-state index is -4.39. The number of nitrogens with one attached hydrogen (secondary N) is 2.